The smallest absolute Gasteiger partial charge is 0.251 e. The summed E-state index contributed by atoms with van der Waals surface area (Å²) in [5.74, 6) is 0.994. The van der Waals surface area contributed by atoms with Crippen LogP contribution in [0, 0.1) is 9.49 Å². The Bertz CT molecular complexity index is 412. The van der Waals surface area contributed by atoms with Gasteiger partial charge in [0.05, 0.1) is 3.57 Å². The predicted octanol–water partition coefficient (Wildman–Crippen LogP) is 3.38. The zero-order valence-corrected chi connectivity index (χ0v) is 13.2. The predicted molar refractivity (Wildman–Crippen MR) is 82.3 cm³/mol. The van der Waals surface area contributed by atoms with Crippen molar-refractivity contribution in [3.63, 3.8) is 0 Å². The van der Waals surface area contributed by atoms with Crippen LogP contribution in [0.25, 0.3) is 0 Å². The van der Waals surface area contributed by atoms with E-state index in [4.69, 9.17) is 11.6 Å². The number of amides is 1. The number of carbonyl (C=O) groups is 1. The van der Waals surface area contributed by atoms with Crippen molar-refractivity contribution in [2.45, 2.75) is 19.8 Å². The fourth-order valence-corrected chi connectivity index (χ4v) is 2.24. The maximum absolute atomic E-state index is 11.9. The lowest BCUT2D eigenvalue weighted by Crippen LogP contribution is -2.29. The van der Waals surface area contributed by atoms with Gasteiger partial charge in [-0.15, -0.1) is 11.6 Å². The Morgan fingerprint density at radius 2 is 2.28 bits per heavy atom. The largest absolute Gasteiger partial charge is 0.507 e. The van der Waals surface area contributed by atoms with Gasteiger partial charge in [0.15, 0.2) is 0 Å². The summed E-state index contributed by atoms with van der Waals surface area (Å²) in [5, 5.41) is 12.4. The molecule has 1 amide bonds. The number of aromatic hydroxyl groups is 1. The lowest BCUT2D eigenvalue weighted by molar-refractivity contribution is 0.0946. The van der Waals surface area contributed by atoms with Crippen molar-refractivity contribution in [2.24, 2.45) is 5.92 Å². The summed E-state index contributed by atoms with van der Waals surface area (Å²) < 4.78 is 0.734. The number of rotatable bonds is 6. The Balaban J connectivity index is 2.57. The van der Waals surface area contributed by atoms with Gasteiger partial charge < -0.3 is 10.4 Å². The second-order valence-electron chi connectivity index (χ2n) is 4.13. The number of alkyl halides is 1. The standard InChI is InChI=1S/C13H17ClINO2/c1-2-9(5-6-14)8-16-13(18)10-3-4-11(15)12(17)7-10/h3-4,7,9,17H,2,5-6,8H2,1H3,(H,16,18). The van der Waals surface area contributed by atoms with Gasteiger partial charge in [-0.25, -0.2) is 0 Å². The molecule has 18 heavy (non-hydrogen) atoms. The van der Waals surface area contributed by atoms with Crippen LogP contribution in [0.3, 0.4) is 0 Å². The molecule has 0 aliphatic rings. The van der Waals surface area contributed by atoms with Crippen molar-refractivity contribution in [2.75, 3.05) is 12.4 Å². The van der Waals surface area contributed by atoms with Crippen molar-refractivity contribution in [1.29, 1.82) is 0 Å². The average Bonchev–Trinajstić information content (AvgIpc) is 2.37. The van der Waals surface area contributed by atoms with Crippen LogP contribution in [0.15, 0.2) is 18.2 Å². The average molecular weight is 382 g/mol. The number of hydrogen-bond donors (Lipinski definition) is 2. The lowest BCUT2D eigenvalue weighted by atomic mass is 10.0. The Morgan fingerprint density at radius 3 is 2.83 bits per heavy atom. The first-order valence-electron chi connectivity index (χ1n) is 5.91. The highest BCUT2D eigenvalue weighted by Gasteiger charge is 2.11. The van der Waals surface area contributed by atoms with E-state index in [0.717, 1.165) is 16.4 Å². The van der Waals surface area contributed by atoms with Crippen molar-refractivity contribution >= 4 is 40.1 Å². The van der Waals surface area contributed by atoms with Gasteiger partial charge in [0.1, 0.15) is 5.75 Å². The van der Waals surface area contributed by atoms with Crippen molar-refractivity contribution in [3.05, 3.63) is 27.3 Å². The summed E-state index contributed by atoms with van der Waals surface area (Å²) in [5.41, 5.74) is 0.480. The summed E-state index contributed by atoms with van der Waals surface area (Å²) in [7, 11) is 0. The van der Waals surface area contributed by atoms with Gasteiger partial charge in [0, 0.05) is 18.0 Å². The molecule has 1 atom stereocenters. The van der Waals surface area contributed by atoms with Crippen molar-refractivity contribution < 1.29 is 9.90 Å². The number of hydrogen-bond acceptors (Lipinski definition) is 2. The molecular weight excluding hydrogens is 365 g/mol. The summed E-state index contributed by atoms with van der Waals surface area (Å²) in [4.78, 5) is 11.9. The Hall–Kier alpha value is -0.490. The molecule has 1 aromatic carbocycles. The fourth-order valence-electron chi connectivity index (χ4n) is 1.60. The van der Waals surface area contributed by atoms with E-state index in [0.29, 0.717) is 23.9 Å². The van der Waals surface area contributed by atoms with Crippen LogP contribution in [0.4, 0.5) is 0 Å². The number of phenolic OH excluding ortho intramolecular Hbond substituents is 1. The molecule has 5 heteroatoms. The normalized spacial score (nSPS) is 12.2. The van der Waals surface area contributed by atoms with Crippen LogP contribution in [0.1, 0.15) is 30.1 Å². The number of benzene rings is 1. The first-order valence-corrected chi connectivity index (χ1v) is 7.52. The van der Waals surface area contributed by atoms with Crippen molar-refractivity contribution in [1.82, 2.24) is 5.32 Å². The molecule has 1 rings (SSSR count). The van der Waals surface area contributed by atoms with Crippen LogP contribution in [0.2, 0.25) is 0 Å². The van der Waals surface area contributed by atoms with Gasteiger partial charge in [0.25, 0.3) is 5.91 Å². The molecule has 0 aliphatic heterocycles. The quantitative estimate of drug-likeness (QED) is 0.586. The minimum absolute atomic E-state index is 0.135. The van der Waals surface area contributed by atoms with E-state index in [9.17, 15) is 9.90 Å². The molecule has 0 heterocycles. The Labute approximate surface area is 126 Å². The minimum atomic E-state index is -0.158. The van der Waals surface area contributed by atoms with E-state index in [1.807, 2.05) is 22.6 Å². The summed E-state index contributed by atoms with van der Waals surface area (Å²) in [6, 6.07) is 4.92. The topological polar surface area (TPSA) is 49.3 Å². The number of carbonyl (C=O) groups excluding carboxylic acids is 1. The maximum Gasteiger partial charge on any atom is 0.251 e. The van der Waals surface area contributed by atoms with Gasteiger partial charge in [-0.1, -0.05) is 13.3 Å². The highest BCUT2D eigenvalue weighted by atomic mass is 127. The van der Waals surface area contributed by atoms with E-state index in [-0.39, 0.29) is 11.7 Å². The number of phenols is 1. The third kappa shape index (κ3) is 4.65. The molecule has 0 aromatic heterocycles. The van der Waals surface area contributed by atoms with Crippen LogP contribution >= 0.6 is 34.2 Å². The van der Waals surface area contributed by atoms with Crippen LogP contribution in [-0.2, 0) is 0 Å². The van der Waals surface area contributed by atoms with E-state index in [1.54, 1.807) is 12.1 Å². The van der Waals surface area contributed by atoms with Gasteiger partial charge >= 0.3 is 0 Å². The SMILES string of the molecule is CCC(CCCl)CNC(=O)c1ccc(I)c(O)c1. The maximum atomic E-state index is 11.9. The van der Waals surface area contributed by atoms with E-state index < -0.39 is 0 Å². The first-order chi connectivity index (χ1) is 8.58. The Morgan fingerprint density at radius 1 is 1.56 bits per heavy atom. The van der Waals surface area contributed by atoms with Gasteiger partial charge in [0.2, 0.25) is 0 Å². The molecule has 0 saturated heterocycles. The van der Waals surface area contributed by atoms with E-state index in [1.165, 1.54) is 6.07 Å². The molecular formula is C13H17ClINO2. The van der Waals surface area contributed by atoms with Crippen LogP contribution < -0.4 is 5.32 Å². The molecule has 0 aliphatic carbocycles. The molecule has 1 unspecified atom stereocenters. The molecule has 100 valence electrons. The molecule has 1 aromatic rings. The van der Waals surface area contributed by atoms with Crippen LogP contribution in [0.5, 0.6) is 5.75 Å². The minimum Gasteiger partial charge on any atom is -0.507 e. The van der Waals surface area contributed by atoms with Gasteiger partial charge in [-0.3, -0.25) is 4.79 Å². The lowest BCUT2D eigenvalue weighted by Gasteiger charge is -2.14. The highest BCUT2D eigenvalue weighted by Crippen LogP contribution is 2.20. The second kappa shape index (κ2) is 7.84. The third-order valence-corrected chi connectivity index (χ3v) is 3.98. The number of nitrogens with one attached hydrogen (secondary N) is 1. The molecule has 3 nitrogen and oxygen atoms in total. The third-order valence-electron chi connectivity index (χ3n) is 2.85. The summed E-state index contributed by atoms with van der Waals surface area (Å²) >= 11 is 7.72. The molecule has 0 saturated carbocycles. The zero-order chi connectivity index (χ0) is 13.5. The number of halogens is 2. The molecule has 2 N–H and O–H groups in total. The Kier molecular flexibility index (Phi) is 6.78. The summed E-state index contributed by atoms with van der Waals surface area (Å²) in [6.07, 6.45) is 1.89. The zero-order valence-electron chi connectivity index (χ0n) is 10.2. The summed E-state index contributed by atoms with van der Waals surface area (Å²) in [6.45, 7) is 2.70. The molecule has 0 radical (unpaired) electrons. The fraction of sp³-hybridized carbons (Fsp3) is 0.462. The first kappa shape index (κ1) is 15.6. The highest BCUT2D eigenvalue weighted by molar-refractivity contribution is 14.1. The molecule has 0 spiro atoms. The van der Waals surface area contributed by atoms with Gasteiger partial charge in [-0.2, -0.15) is 0 Å². The van der Waals surface area contributed by atoms with E-state index in [2.05, 4.69) is 12.2 Å². The van der Waals surface area contributed by atoms with Crippen molar-refractivity contribution in [3.8, 4) is 5.75 Å². The van der Waals surface area contributed by atoms with E-state index >= 15 is 0 Å². The van der Waals surface area contributed by atoms with Gasteiger partial charge in [-0.05, 0) is 53.1 Å². The second-order valence-corrected chi connectivity index (χ2v) is 5.67. The monoisotopic (exact) mass is 381 g/mol. The molecule has 0 fully saturated rings. The molecule has 0 bridgehead atoms. The van der Waals surface area contributed by atoms with Crippen LogP contribution in [-0.4, -0.2) is 23.4 Å².